The lowest BCUT2D eigenvalue weighted by molar-refractivity contribution is 0.0225. The van der Waals surface area contributed by atoms with Crippen LogP contribution in [0.1, 0.15) is 23.3 Å². The molecule has 10 heteroatoms. The Kier molecular flexibility index (Phi) is 5.70. The maximum Gasteiger partial charge on any atom is 0.400 e. The highest BCUT2D eigenvalue weighted by molar-refractivity contribution is 7.82. The van der Waals surface area contributed by atoms with Crippen LogP contribution in [-0.4, -0.2) is 30.0 Å². The molecule has 0 aromatic heterocycles. The van der Waals surface area contributed by atoms with Crippen molar-refractivity contribution >= 4 is 20.8 Å². The van der Waals surface area contributed by atoms with E-state index in [1.54, 1.807) is 60.7 Å². The van der Waals surface area contributed by atoms with Gasteiger partial charge in [0.25, 0.3) is 0 Å². The quantitative estimate of drug-likeness (QED) is 0.754. The summed E-state index contributed by atoms with van der Waals surface area (Å²) in [5.74, 6) is 0. The van der Waals surface area contributed by atoms with E-state index in [1.807, 2.05) is 0 Å². The molecule has 140 valence electrons. The number of rotatable bonds is 2. The second kappa shape index (κ2) is 7.82. The topological polar surface area (TPSA) is 105 Å². The Morgan fingerprint density at radius 1 is 0.615 bits per heavy atom. The molecule has 0 aliphatic carbocycles. The minimum absolute atomic E-state index is 0.393. The molecule has 0 amide bonds. The Morgan fingerprint density at radius 3 is 1.31 bits per heavy atom. The zero-order valence-electron chi connectivity index (χ0n) is 13.4. The van der Waals surface area contributed by atoms with Crippen molar-refractivity contribution in [1.29, 1.82) is 0 Å². The van der Waals surface area contributed by atoms with Gasteiger partial charge in [0, 0.05) is 0 Å². The first kappa shape index (κ1) is 19.0. The second-order valence-electron chi connectivity index (χ2n) is 5.32. The second-order valence-corrected chi connectivity index (χ2v) is 7.80. The minimum Gasteiger partial charge on any atom is -0.246 e. The van der Waals surface area contributed by atoms with Crippen LogP contribution < -0.4 is 0 Å². The first-order valence-corrected chi connectivity index (χ1v) is 10.3. The zero-order valence-corrected chi connectivity index (χ0v) is 15.1. The maximum absolute atomic E-state index is 12.1. The molecular weight excluding hydrogens is 384 g/mol. The molecule has 1 aliphatic heterocycles. The molecule has 1 heterocycles. The fourth-order valence-corrected chi connectivity index (χ4v) is 4.02. The standard InChI is InChI=1S/C16H16O8S2/c17-25(18)21-11-12-22-26(19,20)24-16(14-9-5-2-6-10-14)15(23-25)13-7-3-1-4-8-13/h1-10,15-16H,11-12H2. The van der Waals surface area contributed by atoms with E-state index in [4.69, 9.17) is 8.37 Å². The highest BCUT2D eigenvalue weighted by Crippen LogP contribution is 2.38. The van der Waals surface area contributed by atoms with Crippen LogP contribution in [0.3, 0.4) is 0 Å². The van der Waals surface area contributed by atoms with Gasteiger partial charge >= 0.3 is 20.8 Å². The van der Waals surface area contributed by atoms with Crippen LogP contribution in [0, 0.1) is 0 Å². The molecule has 0 radical (unpaired) electrons. The van der Waals surface area contributed by atoms with E-state index in [2.05, 4.69) is 8.37 Å². The average molecular weight is 400 g/mol. The van der Waals surface area contributed by atoms with Crippen molar-refractivity contribution in [2.45, 2.75) is 12.2 Å². The van der Waals surface area contributed by atoms with Gasteiger partial charge in [-0.3, -0.25) is 0 Å². The van der Waals surface area contributed by atoms with E-state index in [9.17, 15) is 16.8 Å². The van der Waals surface area contributed by atoms with Crippen LogP contribution >= 0.6 is 0 Å². The lowest BCUT2D eigenvalue weighted by atomic mass is 9.98. The molecule has 26 heavy (non-hydrogen) atoms. The van der Waals surface area contributed by atoms with E-state index < -0.39 is 46.2 Å². The predicted molar refractivity (Wildman–Crippen MR) is 90.3 cm³/mol. The molecule has 2 atom stereocenters. The summed E-state index contributed by atoms with van der Waals surface area (Å²) < 4.78 is 68.0. The summed E-state index contributed by atoms with van der Waals surface area (Å²) in [6.07, 6.45) is -2.61. The van der Waals surface area contributed by atoms with Gasteiger partial charge in [0.2, 0.25) is 0 Å². The SMILES string of the molecule is O=S1(=O)OCCOS(=O)(=O)OC(c2ccccc2)C(c2ccccc2)O1. The molecule has 2 unspecified atom stereocenters. The van der Waals surface area contributed by atoms with Crippen LogP contribution in [0.2, 0.25) is 0 Å². The van der Waals surface area contributed by atoms with Crippen LogP contribution in [0.5, 0.6) is 0 Å². The summed E-state index contributed by atoms with van der Waals surface area (Å²) in [6, 6.07) is 16.5. The Morgan fingerprint density at radius 2 is 0.962 bits per heavy atom. The van der Waals surface area contributed by atoms with Crippen molar-refractivity contribution in [2.24, 2.45) is 0 Å². The van der Waals surface area contributed by atoms with E-state index in [0.717, 1.165) is 0 Å². The summed E-state index contributed by atoms with van der Waals surface area (Å²) in [5, 5.41) is 0. The summed E-state index contributed by atoms with van der Waals surface area (Å²) in [7, 11) is -8.82. The number of hydrogen-bond acceptors (Lipinski definition) is 8. The third-order valence-electron chi connectivity index (χ3n) is 3.51. The summed E-state index contributed by atoms with van der Waals surface area (Å²) in [6.45, 7) is -1.05. The summed E-state index contributed by atoms with van der Waals surface area (Å²) in [5.41, 5.74) is 0.786. The van der Waals surface area contributed by atoms with Gasteiger partial charge in [-0.05, 0) is 11.1 Å². The van der Waals surface area contributed by atoms with E-state index >= 15 is 0 Å². The third kappa shape index (κ3) is 4.87. The number of hydrogen-bond donors (Lipinski definition) is 0. The molecule has 8 nitrogen and oxygen atoms in total. The van der Waals surface area contributed by atoms with Crippen LogP contribution in [0.4, 0.5) is 0 Å². The molecule has 1 aliphatic rings. The third-order valence-corrected chi connectivity index (χ3v) is 5.31. The average Bonchev–Trinajstić information content (AvgIpc) is 2.63. The first-order valence-electron chi connectivity index (χ1n) is 7.61. The lowest BCUT2D eigenvalue weighted by Gasteiger charge is -2.27. The molecule has 1 fully saturated rings. The minimum atomic E-state index is -4.41. The van der Waals surface area contributed by atoms with Crippen LogP contribution in [0.25, 0.3) is 0 Å². The molecule has 1 saturated heterocycles. The molecule has 3 rings (SSSR count). The fourth-order valence-electron chi connectivity index (χ4n) is 2.43. The monoisotopic (exact) mass is 400 g/mol. The molecule has 0 bridgehead atoms. The molecule has 2 aromatic rings. The van der Waals surface area contributed by atoms with E-state index in [-0.39, 0.29) is 0 Å². The van der Waals surface area contributed by atoms with Gasteiger partial charge in [0.05, 0.1) is 13.2 Å². The van der Waals surface area contributed by atoms with Crippen molar-refractivity contribution in [3.8, 4) is 0 Å². The Labute approximate surface area is 151 Å². The van der Waals surface area contributed by atoms with Crippen molar-refractivity contribution in [1.82, 2.24) is 0 Å². The first-order chi connectivity index (χ1) is 12.4. The van der Waals surface area contributed by atoms with Crippen LogP contribution in [-0.2, 0) is 37.5 Å². The van der Waals surface area contributed by atoms with Crippen molar-refractivity contribution < 1.29 is 33.6 Å². The Hall–Kier alpha value is -1.82. The van der Waals surface area contributed by atoms with Crippen molar-refractivity contribution in [3.63, 3.8) is 0 Å². The Bertz CT molecular complexity index is 847. The molecular formula is C16H16O8S2. The van der Waals surface area contributed by atoms with Gasteiger partial charge in [-0.25, -0.2) is 16.7 Å². The highest BCUT2D eigenvalue weighted by atomic mass is 32.3. The van der Waals surface area contributed by atoms with Crippen LogP contribution in [0.15, 0.2) is 60.7 Å². The van der Waals surface area contributed by atoms with E-state index in [1.165, 1.54) is 0 Å². The van der Waals surface area contributed by atoms with Gasteiger partial charge in [0.1, 0.15) is 12.2 Å². The van der Waals surface area contributed by atoms with Gasteiger partial charge in [-0.1, -0.05) is 60.7 Å². The van der Waals surface area contributed by atoms with Gasteiger partial charge in [0.15, 0.2) is 0 Å². The smallest absolute Gasteiger partial charge is 0.246 e. The zero-order chi connectivity index (χ0) is 18.6. The fraction of sp³-hybridized carbons (Fsp3) is 0.250. The Balaban J connectivity index is 2.12. The largest absolute Gasteiger partial charge is 0.400 e. The lowest BCUT2D eigenvalue weighted by Crippen LogP contribution is -2.28. The van der Waals surface area contributed by atoms with Gasteiger partial charge in [-0.15, -0.1) is 0 Å². The molecule has 0 N–H and O–H groups in total. The predicted octanol–water partition coefficient (Wildman–Crippen LogP) is 2.04. The van der Waals surface area contributed by atoms with Crippen molar-refractivity contribution in [2.75, 3.05) is 13.2 Å². The van der Waals surface area contributed by atoms with Crippen molar-refractivity contribution in [3.05, 3.63) is 71.8 Å². The maximum atomic E-state index is 12.1. The number of benzene rings is 2. The summed E-state index contributed by atoms with van der Waals surface area (Å²) in [4.78, 5) is 0. The normalized spacial score (nSPS) is 26.0. The highest BCUT2D eigenvalue weighted by Gasteiger charge is 2.36. The molecule has 0 saturated carbocycles. The van der Waals surface area contributed by atoms with Gasteiger partial charge < -0.3 is 0 Å². The van der Waals surface area contributed by atoms with E-state index in [0.29, 0.717) is 11.1 Å². The molecule has 2 aromatic carbocycles. The summed E-state index contributed by atoms with van der Waals surface area (Å²) >= 11 is 0. The molecule has 0 spiro atoms. The van der Waals surface area contributed by atoms with Gasteiger partial charge in [-0.2, -0.15) is 16.8 Å².